The zero-order chi connectivity index (χ0) is 15.3. The average Bonchev–Trinajstić information content (AvgIpc) is 2.80. The highest BCUT2D eigenvalue weighted by Crippen LogP contribution is 2.48. The van der Waals surface area contributed by atoms with Crippen LogP contribution in [0.15, 0.2) is 60.7 Å². The highest BCUT2D eigenvalue weighted by molar-refractivity contribution is 7.50. The quantitative estimate of drug-likeness (QED) is 0.370. The van der Waals surface area contributed by atoms with Crippen LogP contribution in [0.5, 0.6) is 0 Å². The Morgan fingerprint density at radius 3 is 1.50 bits per heavy atom. The van der Waals surface area contributed by atoms with Gasteiger partial charge in [-0.2, -0.15) is 0 Å². The van der Waals surface area contributed by atoms with Gasteiger partial charge < -0.3 is 0 Å². The van der Waals surface area contributed by atoms with Gasteiger partial charge >= 0.3 is 0 Å². The second-order valence-corrected chi connectivity index (χ2v) is 7.00. The normalized spacial score (nSPS) is 11.4. The molecule has 0 nitrogen and oxygen atoms in total. The summed E-state index contributed by atoms with van der Waals surface area (Å²) >= 11 is 0. The van der Waals surface area contributed by atoms with Crippen LogP contribution in [0.1, 0.15) is 0 Å². The zero-order valence-corrected chi connectivity index (χ0v) is 12.1. The lowest BCUT2D eigenvalue weighted by atomic mass is 10.1. The fourth-order valence-corrected chi connectivity index (χ4v) is 5.13. The lowest BCUT2D eigenvalue weighted by Gasteiger charge is -1.94. The second-order valence-electron chi connectivity index (χ2n) is 5.04. The van der Waals surface area contributed by atoms with Gasteiger partial charge in [0.2, 0.25) is 0 Å². The van der Waals surface area contributed by atoms with E-state index in [9.17, 15) is 13.2 Å². The Kier molecular flexibility index (Phi) is 2.94. The molecule has 0 unspecified atom stereocenters. The van der Waals surface area contributed by atoms with Crippen LogP contribution in [0, 0.1) is 17.5 Å². The van der Waals surface area contributed by atoms with Gasteiger partial charge in [-0.05, 0) is 36.4 Å². The number of hydrogen-bond acceptors (Lipinski definition) is 0. The van der Waals surface area contributed by atoms with Crippen LogP contribution in [0.4, 0.5) is 13.2 Å². The molecule has 22 heavy (non-hydrogen) atoms. The highest BCUT2D eigenvalue weighted by Gasteiger charge is 2.24. The Hall–Kier alpha value is -2.33. The van der Waals surface area contributed by atoms with E-state index in [1.807, 2.05) is 0 Å². The Morgan fingerprint density at radius 1 is 0.545 bits per heavy atom. The fraction of sp³-hybridized carbons (Fsp3) is 0. The molecule has 4 aromatic rings. The molecule has 3 aromatic carbocycles. The number of hydrogen-bond donors (Lipinski definition) is 0. The molecule has 4 rings (SSSR count). The molecule has 1 aromatic heterocycles. The maximum atomic E-state index is 13.7. The highest BCUT2D eigenvalue weighted by atomic mass is 32.2. The SMILES string of the molecule is Fc1ccc(-[s+]2c3cc(F)ccc3c3ccc(F)cc32)cc1. The predicted octanol–water partition coefficient (Wildman–Crippen LogP) is 6.15. The van der Waals surface area contributed by atoms with Crippen molar-refractivity contribution in [1.29, 1.82) is 0 Å². The summed E-state index contributed by atoms with van der Waals surface area (Å²) in [4.78, 5) is 0.845. The molecule has 4 heteroatoms. The van der Waals surface area contributed by atoms with Crippen LogP contribution in [0.25, 0.3) is 25.1 Å². The largest absolute Gasteiger partial charge is 0.207 e. The topological polar surface area (TPSA) is 0 Å². The van der Waals surface area contributed by atoms with E-state index in [2.05, 4.69) is 0 Å². The summed E-state index contributed by atoms with van der Waals surface area (Å²) in [5.74, 6) is -0.983. The van der Waals surface area contributed by atoms with Crippen molar-refractivity contribution >= 4 is 30.6 Å². The first kappa shape index (κ1) is 13.3. The number of thiophene rings is 1. The number of benzene rings is 3. The van der Waals surface area contributed by atoms with Gasteiger partial charge in [0, 0.05) is 45.5 Å². The number of fused-ring (bicyclic) bond motifs is 3. The van der Waals surface area contributed by atoms with Gasteiger partial charge in [0.25, 0.3) is 0 Å². The maximum Gasteiger partial charge on any atom is 0.190 e. The molecule has 0 spiro atoms. The second kappa shape index (κ2) is 4.85. The molecular formula is C18H10F3S+. The molecule has 0 bridgehead atoms. The predicted molar refractivity (Wildman–Crippen MR) is 85.1 cm³/mol. The molecule has 0 aliphatic heterocycles. The van der Waals surface area contributed by atoms with Gasteiger partial charge in [-0.1, -0.05) is 0 Å². The van der Waals surface area contributed by atoms with Crippen LogP contribution in [0.2, 0.25) is 0 Å². The van der Waals surface area contributed by atoms with Gasteiger partial charge in [-0.25, -0.2) is 13.2 Å². The summed E-state index contributed by atoms with van der Waals surface area (Å²) in [5.41, 5.74) is 0. The number of halogens is 3. The molecule has 108 valence electrons. The number of rotatable bonds is 1. The standard InChI is InChI=1S/C18H10F3S/c19-11-1-5-14(6-2-11)22-17-9-12(20)3-7-15(17)16-8-4-13(21)10-18(16)22/h1-10H/q+1. The Morgan fingerprint density at radius 2 is 1.00 bits per heavy atom. The summed E-state index contributed by atoms with van der Waals surface area (Å²) in [6.07, 6.45) is 0. The zero-order valence-electron chi connectivity index (χ0n) is 11.3. The van der Waals surface area contributed by atoms with E-state index in [1.165, 1.54) is 36.4 Å². The lowest BCUT2D eigenvalue weighted by Crippen LogP contribution is -1.75. The van der Waals surface area contributed by atoms with E-state index in [-0.39, 0.29) is 17.5 Å². The molecule has 1 heterocycles. The van der Waals surface area contributed by atoms with Crippen LogP contribution < -0.4 is 0 Å². The molecule has 0 saturated heterocycles. The van der Waals surface area contributed by atoms with Crippen molar-refractivity contribution < 1.29 is 13.2 Å². The summed E-state index contributed by atoms with van der Waals surface area (Å²) < 4.78 is 42.2. The van der Waals surface area contributed by atoms with Gasteiger partial charge in [0.1, 0.15) is 17.5 Å². The molecule has 0 N–H and O–H groups in total. The lowest BCUT2D eigenvalue weighted by molar-refractivity contribution is 0.628. The van der Waals surface area contributed by atoms with Gasteiger partial charge in [-0.3, -0.25) is 0 Å². The van der Waals surface area contributed by atoms with E-state index in [1.54, 1.807) is 24.3 Å². The van der Waals surface area contributed by atoms with E-state index in [4.69, 9.17) is 0 Å². The first-order chi connectivity index (χ1) is 10.6. The monoisotopic (exact) mass is 315 g/mol. The maximum absolute atomic E-state index is 13.7. The molecule has 0 aliphatic carbocycles. The van der Waals surface area contributed by atoms with Crippen LogP contribution in [-0.4, -0.2) is 0 Å². The molecule has 0 radical (unpaired) electrons. The molecule has 0 aliphatic rings. The molecule has 0 saturated carbocycles. The van der Waals surface area contributed by atoms with Gasteiger partial charge in [0.15, 0.2) is 14.3 Å². The average molecular weight is 315 g/mol. The minimum Gasteiger partial charge on any atom is -0.207 e. The van der Waals surface area contributed by atoms with Crippen molar-refractivity contribution in [2.24, 2.45) is 0 Å². The minimum atomic E-state index is -0.616. The smallest absolute Gasteiger partial charge is 0.190 e. The fourth-order valence-electron chi connectivity index (χ4n) is 2.72. The summed E-state index contributed by atoms with van der Waals surface area (Å²) in [5, 5.41) is 1.81. The molecule has 0 fully saturated rings. The van der Waals surface area contributed by atoms with Crippen molar-refractivity contribution in [3.63, 3.8) is 0 Å². The Labute approximate surface area is 127 Å². The molecular weight excluding hydrogens is 305 g/mol. The first-order valence-electron chi connectivity index (χ1n) is 6.73. The Balaban J connectivity index is 2.19. The molecule has 0 atom stereocenters. The van der Waals surface area contributed by atoms with E-state index in [0.717, 1.165) is 25.1 Å². The van der Waals surface area contributed by atoms with Crippen LogP contribution >= 0.6 is 10.5 Å². The van der Waals surface area contributed by atoms with Crippen molar-refractivity contribution in [2.75, 3.05) is 0 Å². The van der Waals surface area contributed by atoms with Crippen LogP contribution in [-0.2, 0) is 0 Å². The summed E-state index contributed by atoms with van der Waals surface area (Å²) in [7, 11) is -0.616. The minimum absolute atomic E-state index is 0.327. The van der Waals surface area contributed by atoms with E-state index < -0.39 is 10.5 Å². The molecule has 0 amide bonds. The van der Waals surface area contributed by atoms with Crippen molar-refractivity contribution in [1.82, 2.24) is 0 Å². The summed E-state index contributed by atoms with van der Waals surface area (Å²) in [6.45, 7) is 0. The Bertz CT molecular complexity index is 941. The van der Waals surface area contributed by atoms with Gasteiger partial charge in [0.05, 0.1) is 0 Å². The third kappa shape index (κ3) is 1.99. The third-order valence-electron chi connectivity index (χ3n) is 3.67. The van der Waals surface area contributed by atoms with Crippen molar-refractivity contribution in [3.8, 4) is 4.90 Å². The van der Waals surface area contributed by atoms with E-state index in [0.29, 0.717) is 0 Å². The summed E-state index contributed by atoms with van der Waals surface area (Å²) in [6, 6.07) is 15.3. The van der Waals surface area contributed by atoms with E-state index >= 15 is 0 Å². The van der Waals surface area contributed by atoms with Crippen molar-refractivity contribution in [3.05, 3.63) is 78.1 Å². The van der Waals surface area contributed by atoms with Crippen molar-refractivity contribution in [2.45, 2.75) is 0 Å². The van der Waals surface area contributed by atoms with Gasteiger partial charge in [-0.15, -0.1) is 0 Å². The third-order valence-corrected chi connectivity index (χ3v) is 5.97. The first-order valence-corrected chi connectivity index (χ1v) is 7.95. The van der Waals surface area contributed by atoms with Crippen LogP contribution in [0.3, 0.4) is 0 Å².